The van der Waals surface area contributed by atoms with E-state index in [-0.39, 0.29) is 17.9 Å². The second-order valence-electron chi connectivity index (χ2n) is 11.8. The van der Waals surface area contributed by atoms with E-state index in [2.05, 4.69) is 28.1 Å². The Kier molecular flexibility index (Phi) is 6.26. The van der Waals surface area contributed by atoms with Gasteiger partial charge in [0, 0.05) is 42.0 Å². The molecule has 2 atom stereocenters. The number of carbonyl (C=O) groups is 2. The second-order valence-corrected chi connectivity index (χ2v) is 11.8. The average Bonchev–Trinajstić information content (AvgIpc) is 3.64. The van der Waals surface area contributed by atoms with Crippen molar-refractivity contribution in [2.24, 2.45) is 0 Å². The van der Waals surface area contributed by atoms with Crippen molar-refractivity contribution < 1.29 is 23.8 Å². The first-order chi connectivity index (χ1) is 19.5. The van der Waals surface area contributed by atoms with Gasteiger partial charge in [-0.05, 0) is 66.6 Å². The van der Waals surface area contributed by atoms with Crippen molar-refractivity contribution in [3.63, 3.8) is 0 Å². The molecule has 8 nitrogen and oxygen atoms in total. The second kappa shape index (κ2) is 9.84. The fourth-order valence-corrected chi connectivity index (χ4v) is 7.46. The van der Waals surface area contributed by atoms with Gasteiger partial charge in [0.15, 0.2) is 0 Å². The lowest BCUT2D eigenvalue weighted by molar-refractivity contribution is 0.0520. The number of hydrogen-bond donors (Lipinski definition) is 1. The van der Waals surface area contributed by atoms with Crippen LogP contribution in [0.2, 0.25) is 0 Å². The number of morpholine rings is 1. The van der Waals surface area contributed by atoms with Gasteiger partial charge < -0.3 is 29.0 Å². The van der Waals surface area contributed by atoms with E-state index in [0.717, 1.165) is 17.7 Å². The molecule has 2 aliphatic carbocycles. The maximum absolute atomic E-state index is 13.5. The van der Waals surface area contributed by atoms with Crippen LogP contribution >= 0.6 is 0 Å². The van der Waals surface area contributed by atoms with E-state index < -0.39 is 5.54 Å². The highest BCUT2D eigenvalue weighted by Gasteiger charge is 2.59. The van der Waals surface area contributed by atoms with Gasteiger partial charge in [0.2, 0.25) is 0 Å². The number of hydrogen-bond acceptors (Lipinski definition) is 5. The quantitative estimate of drug-likeness (QED) is 0.444. The molecule has 40 heavy (non-hydrogen) atoms. The zero-order valence-corrected chi connectivity index (χ0v) is 23.3. The van der Waals surface area contributed by atoms with E-state index in [1.165, 1.54) is 67.0 Å². The molecule has 210 valence electrons. The molecule has 0 bridgehead atoms. The number of ether oxygens (including phenoxy) is 3. The Labute approximate surface area is 234 Å². The molecule has 0 spiro atoms. The standard InChI is InChI=1S/C32H37N3O5/c1-38-22-9-11-23-25(17-22)26-18-32(26,33-31(37)34-12-14-40-15-13-34)19-35-27-16-21(30(36)39-2)8-10-24(27)28(29(23)35)20-6-4-3-5-7-20/h8-11,16-17,20,26H,3-7,12-15,18-19H2,1-2H3,(H,33,37). The molecule has 0 radical (unpaired) electrons. The minimum Gasteiger partial charge on any atom is -0.497 e. The fraction of sp³-hybridized carbons (Fsp3) is 0.500. The molecule has 4 aliphatic rings. The molecule has 1 N–H and O–H groups in total. The monoisotopic (exact) mass is 543 g/mol. The summed E-state index contributed by atoms with van der Waals surface area (Å²) in [6.07, 6.45) is 6.93. The Balaban J connectivity index is 1.43. The number of fused-ring (bicyclic) bond motifs is 7. The Hall–Kier alpha value is -3.52. The molecule has 1 saturated heterocycles. The van der Waals surface area contributed by atoms with Crippen molar-refractivity contribution in [2.75, 3.05) is 40.5 Å². The van der Waals surface area contributed by atoms with E-state index in [4.69, 9.17) is 14.2 Å². The largest absolute Gasteiger partial charge is 0.497 e. The number of amides is 2. The number of methoxy groups -OCH3 is 2. The summed E-state index contributed by atoms with van der Waals surface area (Å²) in [6.45, 7) is 2.98. The molecule has 2 unspecified atom stereocenters. The summed E-state index contributed by atoms with van der Waals surface area (Å²) in [6, 6.07) is 12.4. The summed E-state index contributed by atoms with van der Waals surface area (Å²) in [5, 5.41) is 4.68. The van der Waals surface area contributed by atoms with Crippen LogP contribution in [0.25, 0.3) is 22.2 Å². The first-order valence-electron chi connectivity index (χ1n) is 14.6. The lowest BCUT2D eigenvalue weighted by Gasteiger charge is -2.30. The number of nitrogens with one attached hydrogen (secondary N) is 1. The molecule has 2 amide bonds. The first kappa shape index (κ1) is 25.4. The van der Waals surface area contributed by atoms with Gasteiger partial charge in [-0.2, -0.15) is 0 Å². The van der Waals surface area contributed by atoms with Gasteiger partial charge in [0.05, 0.1) is 44.2 Å². The zero-order chi connectivity index (χ0) is 27.4. The molecular formula is C32H37N3O5. The number of carbonyl (C=O) groups excluding carboxylic acids is 2. The Morgan fingerprint density at radius 3 is 2.58 bits per heavy atom. The van der Waals surface area contributed by atoms with Gasteiger partial charge in [-0.3, -0.25) is 0 Å². The van der Waals surface area contributed by atoms with Crippen LogP contribution in [-0.4, -0.2) is 67.5 Å². The summed E-state index contributed by atoms with van der Waals surface area (Å²) in [5.74, 6) is 1.13. The molecule has 2 aromatic carbocycles. The van der Waals surface area contributed by atoms with Crippen molar-refractivity contribution >= 4 is 22.9 Å². The zero-order valence-electron chi connectivity index (χ0n) is 23.3. The minimum absolute atomic E-state index is 0.0297. The van der Waals surface area contributed by atoms with Gasteiger partial charge in [-0.1, -0.05) is 25.3 Å². The summed E-state index contributed by atoms with van der Waals surface area (Å²) < 4.78 is 18.6. The van der Waals surface area contributed by atoms with Crippen molar-refractivity contribution in [3.05, 3.63) is 53.1 Å². The molecule has 3 heterocycles. The lowest BCUT2D eigenvalue weighted by Crippen LogP contribution is -2.51. The molecule has 3 fully saturated rings. The van der Waals surface area contributed by atoms with E-state index in [0.29, 0.717) is 44.3 Å². The van der Waals surface area contributed by atoms with Crippen molar-refractivity contribution in [3.8, 4) is 17.0 Å². The maximum atomic E-state index is 13.5. The molecule has 2 aliphatic heterocycles. The van der Waals surface area contributed by atoms with Crippen LogP contribution in [-0.2, 0) is 16.0 Å². The van der Waals surface area contributed by atoms with Crippen LogP contribution in [0.15, 0.2) is 36.4 Å². The third-order valence-corrected chi connectivity index (χ3v) is 9.60. The Bertz CT molecular complexity index is 1480. The number of esters is 1. The van der Waals surface area contributed by atoms with E-state index >= 15 is 0 Å². The average molecular weight is 544 g/mol. The predicted molar refractivity (Wildman–Crippen MR) is 152 cm³/mol. The van der Waals surface area contributed by atoms with Gasteiger partial charge in [0.1, 0.15) is 5.75 Å². The normalized spacial score (nSPS) is 23.9. The summed E-state index contributed by atoms with van der Waals surface area (Å²) in [7, 11) is 3.13. The van der Waals surface area contributed by atoms with Crippen LogP contribution in [0.5, 0.6) is 5.75 Å². The smallest absolute Gasteiger partial charge is 0.337 e. The highest BCUT2D eigenvalue weighted by atomic mass is 16.5. The number of rotatable bonds is 4. The van der Waals surface area contributed by atoms with Crippen LogP contribution < -0.4 is 10.1 Å². The summed E-state index contributed by atoms with van der Waals surface area (Å²) in [4.78, 5) is 28.0. The Morgan fingerprint density at radius 1 is 1.02 bits per heavy atom. The topological polar surface area (TPSA) is 82.0 Å². The molecule has 1 aromatic heterocycles. The van der Waals surface area contributed by atoms with Gasteiger partial charge in [-0.15, -0.1) is 0 Å². The minimum atomic E-state index is -0.418. The molecule has 2 saturated carbocycles. The molecule has 7 rings (SSSR count). The Morgan fingerprint density at radius 2 is 1.82 bits per heavy atom. The van der Waals surface area contributed by atoms with Crippen LogP contribution in [0.4, 0.5) is 4.79 Å². The van der Waals surface area contributed by atoms with Crippen molar-refractivity contribution in [1.29, 1.82) is 0 Å². The SMILES string of the molecule is COC(=O)c1ccc2c(C3CCCCC3)c3n(c2c1)CC1(NC(=O)N2CCOCC2)CC1c1cc(OC)ccc1-3. The van der Waals surface area contributed by atoms with Crippen LogP contribution in [0.3, 0.4) is 0 Å². The summed E-state index contributed by atoms with van der Waals surface area (Å²) in [5.41, 5.74) is 6.22. The number of aromatic nitrogens is 1. The van der Waals surface area contributed by atoms with E-state index in [1.54, 1.807) is 7.11 Å². The number of nitrogens with zero attached hydrogens (tertiary/aromatic N) is 2. The van der Waals surface area contributed by atoms with Crippen LogP contribution in [0.1, 0.15) is 71.8 Å². The van der Waals surface area contributed by atoms with Crippen molar-refractivity contribution in [1.82, 2.24) is 14.8 Å². The van der Waals surface area contributed by atoms with E-state index in [9.17, 15) is 9.59 Å². The van der Waals surface area contributed by atoms with Crippen molar-refractivity contribution in [2.45, 2.75) is 62.4 Å². The van der Waals surface area contributed by atoms with E-state index in [1.807, 2.05) is 23.1 Å². The third-order valence-electron chi connectivity index (χ3n) is 9.60. The maximum Gasteiger partial charge on any atom is 0.337 e. The fourth-order valence-electron chi connectivity index (χ4n) is 7.46. The molecule has 8 heteroatoms. The molecular weight excluding hydrogens is 506 g/mol. The summed E-state index contributed by atoms with van der Waals surface area (Å²) >= 11 is 0. The first-order valence-corrected chi connectivity index (χ1v) is 14.6. The molecule has 3 aromatic rings. The van der Waals surface area contributed by atoms with Gasteiger partial charge in [-0.25, -0.2) is 9.59 Å². The van der Waals surface area contributed by atoms with Crippen LogP contribution in [0, 0.1) is 0 Å². The number of benzene rings is 2. The van der Waals surface area contributed by atoms with Gasteiger partial charge in [0.25, 0.3) is 0 Å². The number of urea groups is 1. The third kappa shape index (κ3) is 4.07. The van der Waals surface area contributed by atoms with Gasteiger partial charge >= 0.3 is 12.0 Å². The highest BCUT2D eigenvalue weighted by molar-refractivity contribution is 5.99. The lowest BCUT2D eigenvalue weighted by atomic mass is 9.81. The highest BCUT2D eigenvalue weighted by Crippen LogP contribution is 2.60. The predicted octanol–water partition coefficient (Wildman–Crippen LogP) is 5.43.